The monoisotopic (exact) mass is 474 g/mol. The molecular formula is C22H20Cl2N4O4. The fourth-order valence-corrected chi connectivity index (χ4v) is 4.32. The zero-order chi connectivity index (χ0) is 22.8. The van der Waals surface area contributed by atoms with Crippen LogP contribution in [0.5, 0.6) is 0 Å². The van der Waals surface area contributed by atoms with Crippen LogP contribution < -0.4 is 5.32 Å². The summed E-state index contributed by atoms with van der Waals surface area (Å²) < 4.78 is 0. The number of carbonyl (C=O) groups excluding carboxylic acids is 2. The lowest BCUT2D eigenvalue weighted by Crippen LogP contribution is -2.37. The van der Waals surface area contributed by atoms with E-state index in [0.29, 0.717) is 29.4 Å². The maximum atomic E-state index is 12.9. The number of carboxylic acid groups (broad SMARTS) is 1. The number of imidazole rings is 1. The van der Waals surface area contributed by atoms with E-state index in [1.165, 1.54) is 18.2 Å². The molecule has 4 rings (SSSR count). The highest BCUT2D eigenvalue weighted by Gasteiger charge is 2.32. The normalized spacial score (nSPS) is 15.8. The molecule has 1 aliphatic heterocycles. The van der Waals surface area contributed by atoms with Gasteiger partial charge in [0, 0.05) is 23.2 Å². The molecule has 2 heterocycles. The molecule has 3 aromatic rings. The number of carbonyl (C=O) groups is 3. The Morgan fingerprint density at radius 3 is 2.75 bits per heavy atom. The number of fused-ring (bicyclic) bond motifs is 1. The highest BCUT2D eigenvalue weighted by atomic mass is 35.5. The van der Waals surface area contributed by atoms with E-state index < -0.39 is 5.97 Å². The van der Waals surface area contributed by atoms with Crippen LogP contribution in [0.1, 0.15) is 45.8 Å². The second-order valence-electron chi connectivity index (χ2n) is 7.61. The Morgan fingerprint density at radius 2 is 2.00 bits per heavy atom. The SMILES string of the molecule is O=C(O)C[C@@H]1CCCN1C(=O)c1ccc(C(=O)NCc2nc3ccc(Cl)cc3[nH]2)cc1Cl. The smallest absolute Gasteiger partial charge is 0.305 e. The Balaban J connectivity index is 1.43. The number of likely N-dealkylation sites (tertiary alicyclic amines) is 1. The maximum absolute atomic E-state index is 12.9. The number of H-pyrrole nitrogens is 1. The lowest BCUT2D eigenvalue weighted by Gasteiger charge is -2.24. The van der Waals surface area contributed by atoms with E-state index in [4.69, 9.17) is 28.3 Å². The minimum absolute atomic E-state index is 0.0994. The summed E-state index contributed by atoms with van der Waals surface area (Å²) in [4.78, 5) is 45.5. The number of aliphatic carboxylic acids is 1. The third-order valence-corrected chi connectivity index (χ3v) is 5.97. The van der Waals surface area contributed by atoms with Crippen LogP contribution >= 0.6 is 23.2 Å². The van der Waals surface area contributed by atoms with Gasteiger partial charge in [-0.2, -0.15) is 0 Å². The average Bonchev–Trinajstić information content (AvgIpc) is 3.37. The van der Waals surface area contributed by atoms with E-state index in [1.54, 1.807) is 23.1 Å². The first-order valence-electron chi connectivity index (χ1n) is 10.1. The highest BCUT2D eigenvalue weighted by Crippen LogP contribution is 2.26. The Kier molecular flexibility index (Phi) is 6.34. The van der Waals surface area contributed by atoms with Crippen LogP contribution in [0.4, 0.5) is 0 Å². The van der Waals surface area contributed by atoms with Crippen molar-refractivity contribution in [3.63, 3.8) is 0 Å². The van der Waals surface area contributed by atoms with Crippen LogP contribution in [-0.4, -0.2) is 50.3 Å². The predicted molar refractivity (Wildman–Crippen MR) is 120 cm³/mol. The lowest BCUT2D eigenvalue weighted by atomic mass is 10.1. The predicted octanol–water partition coefficient (Wildman–Crippen LogP) is 3.88. The van der Waals surface area contributed by atoms with Crippen LogP contribution in [0.2, 0.25) is 10.0 Å². The van der Waals surface area contributed by atoms with Gasteiger partial charge in [0.05, 0.1) is 34.6 Å². The molecule has 1 fully saturated rings. The number of benzene rings is 2. The molecular weight excluding hydrogens is 455 g/mol. The van der Waals surface area contributed by atoms with Crippen molar-refractivity contribution in [3.05, 3.63) is 63.4 Å². The molecule has 2 amide bonds. The summed E-state index contributed by atoms with van der Waals surface area (Å²) in [5.41, 5.74) is 2.06. The number of hydrogen-bond acceptors (Lipinski definition) is 4. The number of halogens is 2. The summed E-state index contributed by atoms with van der Waals surface area (Å²) in [5, 5.41) is 12.6. The van der Waals surface area contributed by atoms with Crippen LogP contribution in [-0.2, 0) is 11.3 Å². The average molecular weight is 475 g/mol. The summed E-state index contributed by atoms with van der Waals surface area (Å²) in [6.07, 6.45) is 1.29. The molecule has 1 aliphatic rings. The number of aromatic amines is 1. The third-order valence-electron chi connectivity index (χ3n) is 5.42. The number of hydrogen-bond donors (Lipinski definition) is 3. The molecule has 10 heteroatoms. The molecule has 3 N–H and O–H groups in total. The van der Waals surface area contributed by atoms with Crippen LogP contribution in [0.25, 0.3) is 11.0 Å². The Bertz CT molecular complexity index is 1210. The summed E-state index contributed by atoms with van der Waals surface area (Å²) in [7, 11) is 0. The van der Waals surface area contributed by atoms with Crippen molar-refractivity contribution in [1.82, 2.24) is 20.2 Å². The molecule has 1 aromatic heterocycles. The van der Waals surface area contributed by atoms with Crippen molar-refractivity contribution in [2.45, 2.75) is 31.8 Å². The molecule has 0 bridgehead atoms. The number of aromatic nitrogens is 2. The van der Waals surface area contributed by atoms with E-state index >= 15 is 0 Å². The Morgan fingerprint density at radius 1 is 1.19 bits per heavy atom. The fourth-order valence-electron chi connectivity index (χ4n) is 3.89. The van der Waals surface area contributed by atoms with Gasteiger partial charge in [0.1, 0.15) is 5.82 Å². The second-order valence-corrected chi connectivity index (χ2v) is 8.46. The van der Waals surface area contributed by atoms with Crippen molar-refractivity contribution < 1.29 is 19.5 Å². The summed E-state index contributed by atoms with van der Waals surface area (Å²) in [5.74, 6) is -1.06. The molecule has 166 valence electrons. The molecule has 0 radical (unpaired) electrons. The van der Waals surface area contributed by atoms with Gasteiger partial charge in [-0.1, -0.05) is 23.2 Å². The van der Waals surface area contributed by atoms with Gasteiger partial charge in [0.15, 0.2) is 0 Å². The molecule has 0 spiro atoms. The quantitative estimate of drug-likeness (QED) is 0.501. The molecule has 1 saturated heterocycles. The van der Waals surface area contributed by atoms with Gasteiger partial charge < -0.3 is 20.3 Å². The fraction of sp³-hybridized carbons (Fsp3) is 0.273. The Labute approximate surface area is 193 Å². The standard InChI is InChI=1S/C22H20Cl2N4O4/c23-13-4-6-17-18(9-13)27-19(26-17)11-25-21(31)12-3-5-15(16(24)8-12)22(32)28-7-1-2-14(28)10-20(29)30/h3-6,8-9,14H,1-2,7,10-11H2,(H,25,31)(H,26,27)(H,29,30)/t14-/m0/s1. The molecule has 2 aromatic carbocycles. The van der Waals surface area contributed by atoms with E-state index in [1.807, 2.05) is 0 Å². The molecule has 1 atom stereocenters. The van der Waals surface area contributed by atoms with E-state index in [0.717, 1.165) is 17.5 Å². The third kappa shape index (κ3) is 4.71. The largest absolute Gasteiger partial charge is 0.481 e. The van der Waals surface area contributed by atoms with Crippen LogP contribution in [0.15, 0.2) is 36.4 Å². The first-order valence-corrected chi connectivity index (χ1v) is 10.8. The summed E-state index contributed by atoms with van der Waals surface area (Å²) in [6, 6.07) is 9.39. The van der Waals surface area contributed by atoms with Gasteiger partial charge >= 0.3 is 5.97 Å². The first kappa shape index (κ1) is 22.1. The topological polar surface area (TPSA) is 115 Å². The maximum Gasteiger partial charge on any atom is 0.305 e. The molecule has 0 aliphatic carbocycles. The minimum atomic E-state index is -0.944. The number of amides is 2. The highest BCUT2D eigenvalue weighted by molar-refractivity contribution is 6.34. The Hall–Kier alpha value is -3.10. The zero-order valence-corrected chi connectivity index (χ0v) is 18.4. The molecule has 8 nitrogen and oxygen atoms in total. The van der Waals surface area contributed by atoms with Crippen molar-refractivity contribution in [2.75, 3.05) is 6.54 Å². The van der Waals surface area contributed by atoms with Gasteiger partial charge in [-0.15, -0.1) is 0 Å². The minimum Gasteiger partial charge on any atom is -0.481 e. The summed E-state index contributed by atoms with van der Waals surface area (Å²) >= 11 is 12.3. The van der Waals surface area contributed by atoms with Gasteiger partial charge in [0.25, 0.3) is 11.8 Å². The number of rotatable bonds is 6. The van der Waals surface area contributed by atoms with Gasteiger partial charge in [-0.3, -0.25) is 14.4 Å². The molecule has 0 unspecified atom stereocenters. The van der Waals surface area contributed by atoms with Crippen molar-refractivity contribution >= 4 is 52.0 Å². The van der Waals surface area contributed by atoms with Crippen LogP contribution in [0, 0.1) is 0 Å². The first-order chi connectivity index (χ1) is 15.3. The van der Waals surface area contributed by atoms with Crippen LogP contribution in [0.3, 0.4) is 0 Å². The van der Waals surface area contributed by atoms with E-state index in [2.05, 4.69) is 15.3 Å². The van der Waals surface area contributed by atoms with E-state index in [9.17, 15) is 14.4 Å². The molecule has 32 heavy (non-hydrogen) atoms. The van der Waals surface area contributed by atoms with Crippen molar-refractivity contribution in [1.29, 1.82) is 0 Å². The van der Waals surface area contributed by atoms with Gasteiger partial charge in [-0.05, 0) is 49.2 Å². The van der Waals surface area contributed by atoms with Crippen molar-refractivity contribution in [3.8, 4) is 0 Å². The number of carboxylic acids is 1. The summed E-state index contributed by atoms with van der Waals surface area (Å²) in [6.45, 7) is 0.659. The van der Waals surface area contributed by atoms with Gasteiger partial charge in [0.2, 0.25) is 0 Å². The van der Waals surface area contributed by atoms with E-state index in [-0.39, 0.29) is 41.4 Å². The molecule has 0 saturated carbocycles. The second kappa shape index (κ2) is 9.18. The number of nitrogens with zero attached hydrogens (tertiary/aromatic N) is 2. The van der Waals surface area contributed by atoms with Gasteiger partial charge in [-0.25, -0.2) is 4.98 Å². The van der Waals surface area contributed by atoms with Crippen molar-refractivity contribution in [2.24, 2.45) is 0 Å². The number of nitrogens with one attached hydrogen (secondary N) is 2. The lowest BCUT2D eigenvalue weighted by molar-refractivity contribution is -0.137. The zero-order valence-electron chi connectivity index (χ0n) is 16.9.